The van der Waals surface area contributed by atoms with Crippen LogP contribution in [-0.4, -0.2) is 32.1 Å². The summed E-state index contributed by atoms with van der Waals surface area (Å²) in [5, 5.41) is 2.40. The third-order valence-electron chi connectivity index (χ3n) is 2.34. The molecule has 0 saturated heterocycles. The van der Waals surface area contributed by atoms with E-state index in [0.717, 1.165) is 32.4 Å². The molecule has 0 spiro atoms. The highest BCUT2D eigenvalue weighted by molar-refractivity contribution is 5.98. The summed E-state index contributed by atoms with van der Waals surface area (Å²) in [4.78, 5) is 33.7. The molecule has 0 aliphatic carbocycles. The molecule has 0 bridgehead atoms. The van der Waals surface area contributed by atoms with Crippen molar-refractivity contribution in [1.29, 1.82) is 0 Å². The number of hydrogen-bond acceptors (Lipinski definition) is 7. The number of hydrogen-bond donors (Lipinski definition) is 1. The lowest BCUT2D eigenvalue weighted by Crippen LogP contribution is -2.16. The fourth-order valence-corrected chi connectivity index (χ4v) is 1.41. The van der Waals surface area contributed by atoms with E-state index in [1.165, 1.54) is 13.0 Å². The predicted molar refractivity (Wildman–Crippen MR) is 73.4 cm³/mol. The number of carbonyl (C=O) groups is 3. The van der Waals surface area contributed by atoms with Gasteiger partial charge in [-0.3, -0.25) is 4.79 Å². The number of anilines is 1. The zero-order chi connectivity index (χ0) is 16.7. The summed E-state index contributed by atoms with van der Waals surface area (Å²) in [6.07, 6.45) is 0.809. The average molecular weight is 311 g/mol. The Kier molecular flexibility index (Phi) is 6.06. The first kappa shape index (κ1) is 17.2. The molecule has 118 valence electrons. The van der Waals surface area contributed by atoms with Crippen molar-refractivity contribution < 1.29 is 33.0 Å². The largest absolute Gasteiger partial charge is 0.466 e. The number of rotatable bonds is 5. The van der Waals surface area contributed by atoms with Crippen molar-refractivity contribution in [2.45, 2.75) is 6.92 Å². The van der Waals surface area contributed by atoms with E-state index in [0.29, 0.717) is 0 Å². The molecule has 22 heavy (non-hydrogen) atoms. The number of carbonyl (C=O) groups excluding carboxylic acids is 3. The molecule has 1 N–H and O–H groups in total. The molecular formula is C14H14FNO6. The first-order chi connectivity index (χ1) is 10.4. The van der Waals surface area contributed by atoms with Crippen molar-refractivity contribution in [3.63, 3.8) is 0 Å². The lowest BCUT2D eigenvalue weighted by atomic mass is 10.2. The zero-order valence-electron chi connectivity index (χ0n) is 12.1. The van der Waals surface area contributed by atoms with Gasteiger partial charge in [0, 0.05) is 13.0 Å². The van der Waals surface area contributed by atoms with E-state index in [1.54, 1.807) is 0 Å². The maximum atomic E-state index is 13.8. The van der Waals surface area contributed by atoms with Gasteiger partial charge >= 0.3 is 17.9 Å². The van der Waals surface area contributed by atoms with Crippen molar-refractivity contribution in [2.24, 2.45) is 0 Å². The molecule has 0 aliphatic rings. The third kappa shape index (κ3) is 4.89. The molecule has 0 atom stereocenters. The van der Waals surface area contributed by atoms with E-state index < -0.39 is 23.7 Å². The molecule has 0 aromatic heterocycles. The van der Waals surface area contributed by atoms with E-state index in [-0.39, 0.29) is 17.1 Å². The highest BCUT2D eigenvalue weighted by atomic mass is 19.1. The summed E-state index contributed by atoms with van der Waals surface area (Å²) in [7, 11) is 2.22. The molecule has 0 aliphatic heterocycles. The minimum Gasteiger partial charge on any atom is -0.466 e. The maximum Gasteiger partial charge on any atom is 0.354 e. The van der Waals surface area contributed by atoms with Gasteiger partial charge in [-0.25, -0.2) is 14.0 Å². The number of methoxy groups -OCH3 is 2. The number of nitrogens with one attached hydrogen (secondary N) is 1. The SMILES string of the molecule is COC(=O)/C=C(/Nc1cc(OC(C)=O)ccc1F)C(=O)OC. The fraction of sp³-hybridized carbons (Fsp3) is 0.214. The Bertz CT molecular complexity index is 626. The third-order valence-corrected chi connectivity index (χ3v) is 2.34. The Hall–Kier alpha value is -2.90. The molecule has 7 nitrogen and oxygen atoms in total. The smallest absolute Gasteiger partial charge is 0.354 e. The molecule has 0 unspecified atom stereocenters. The van der Waals surface area contributed by atoms with Gasteiger partial charge in [0.15, 0.2) is 0 Å². The van der Waals surface area contributed by atoms with Crippen LogP contribution in [0.2, 0.25) is 0 Å². The Morgan fingerprint density at radius 2 is 1.86 bits per heavy atom. The van der Waals surface area contributed by atoms with E-state index in [2.05, 4.69) is 14.8 Å². The molecule has 1 rings (SSSR count). The summed E-state index contributed by atoms with van der Waals surface area (Å²) < 4.78 is 27.4. The Morgan fingerprint density at radius 3 is 2.41 bits per heavy atom. The normalized spacial score (nSPS) is 10.6. The highest BCUT2D eigenvalue weighted by Crippen LogP contribution is 2.23. The van der Waals surface area contributed by atoms with Gasteiger partial charge in [0.05, 0.1) is 26.0 Å². The lowest BCUT2D eigenvalue weighted by Gasteiger charge is -2.11. The van der Waals surface area contributed by atoms with Crippen LogP contribution in [0.1, 0.15) is 6.92 Å². The van der Waals surface area contributed by atoms with Crippen molar-refractivity contribution in [3.05, 3.63) is 35.8 Å². The Morgan fingerprint density at radius 1 is 1.18 bits per heavy atom. The minimum atomic E-state index is -0.900. The Labute approximate surface area is 125 Å². The molecule has 8 heteroatoms. The first-order valence-corrected chi connectivity index (χ1v) is 6.00. The summed E-state index contributed by atoms with van der Waals surface area (Å²) in [5.41, 5.74) is -0.521. The van der Waals surface area contributed by atoms with Crippen LogP contribution in [0.4, 0.5) is 10.1 Å². The monoisotopic (exact) mass is 311 g/mol. The standard InChI is InChI=1S/C14H14FNO6/c1-8(17)22-9-4-5-10(15)11(6-9)16-12(14(19)21-3)7-13(18)20-2/h4-7,16H,1-3H3/b12-7+. The van der Waals surface area contributed by atoms with E-state index in [4.69, 9.17) is 4.74 Å². The molecule has 0 saturated carbocycles. The van der Waals surface area contributed by atoms with Crippen LogP contribution in [0, 0.1) is 5.82 Å². The second kappa shape index (κ2) is 7.77. The topological polar surface area (TPSA) is 90.9 Å². The van der Waals surface area contributed by atoms with Gasteiger partial charge in [0.25, 0.3) is 0 Å². The van der Waals surface area contributed by atoms with Gasteiger partial charge in [-0.1, -0.05) is 0 Å². The van der Waals surface area contributed by atoms with Crippen molar-refractivity contribution in [2.75, 3.05) is 19.5 Å². The summed E-state index contributed by atoms with van der Waals surface area (Å²) in [6.45, 7) is 1.19. The van der Waals surface area contributed by atoms with Crippen LogP contribution in [0.25, 0.3) is 0 Å². The first-order valence-electron chi connectivity index (χ1n) is 6.00. The fourth-order valence-electron chi connectivity index (χ4n) is 1.41. The molecule has 1 aromatic rings. The molecule has 0 heterocycles. The van der Waals surface area contributed by atoms with Crippen LogP contribution in [0.15, 0.2) is 30.0 Å². The van der Waals surface area contributed by atoms with E-state index >= 15 is 0 Å². The van der Waals surface area contributed by atoms with Gasteiger partial charge in [-0.05, 0) is 12.1 Å². The van der Waals surface area contributed by atoms with Gasteiger partial charge < -0.3 is 19.5 Å². The molecule has 0 amide bonds. The van der Waals surface area contributed by atoms with Crippen LogP contribution in [0.3, 0.4) is 0 Å². The van der Waals surface area contributed by atoms with Crippen LogP contribution in [0.5, 0.6) is 5.75 Å². The summed E-state index contributed by atoms with van der Waals surface area (Å²) in [6, 6.07) is 3.43. The van der Waals surface area contributed by atoms with Crippen LogP contribution in [-0.2, 0) is 23.9 Å². The van der Waals surface area contributed by atoms with E-state index in [9.17, 15) is 18.8 Å². The summed E-state index contributed by atoms with van der Waals surface area (Å²) in [5.74, 6) is -2.97. The lowest BCUT2D eigenvalue weighted by molar-refractivity contribution is -0.138. The number of ether oxygens (including phenoxy) is 3. The number of halogens is 1. The number of esters is 3. The average Bonchev–Trinajstić information content (AvgIpc) is 2.48. The Balaban J connectivity index is 3.12. The van der Waals surface area contributed by atoms with Gasteiger partial charge in [-0.15, -0.1) is 0 Å². The molecule has 0 fully saturated rings. The van der Waals surface area contributed by atoms with Crippen molar-refractivity contribution >= 4 is 23.6 Å². The van der Waals surface area contributed by atoms with Crippen molar-refractivity contribution in [3.8, 4) is 5.75 Å². The molecular weight excluding hydrogens is 297 g/mol. The highest BCUT2D eigenvalue weighted by Gasteiger charge is 2.15. The van der Waals surface area contributed by atoms with Gasteiger partial charge in [-0.2, -0.15) is 0 Å². The zero-order valence-corrected chi connectivity index (χ0v) is 12.1. The van der Waals surface area contributed by atoms with Crippen LogP contribution >= 0.6 is 0 Å². The van der Waals surface area contributed by atoms with Crippen molar-refractivity contribution in [1.82, 2.24) is 0 Å². The van der Waals surface area contributed by atoms with Crippen LogP contribution < -0.4 is 10.1 Å². The van der Waals surface area contributed by atoms with Gasteiger partial charge in [0.1, 0.15) is 17.3 Å². The maximum absolute atomic E-state index is 13.8. The summed E-state index contributed by atoms with van der Waals surface area (Å²) >= 11 is 0. The molecule has 1 aromatic carbocycles. The molecule has 0 radical (unpaired) electrons. The second-order valence-electron chi connectivity index (χ2n) is 3.93. The minimum absolute atomic E-state index is 0.0682. The van der Waals surface area contributed by atoms with Gasteiger partial charge in [0.2, 0.25) is 0 Å². The number of benzene rings is 1. The quantitative estimate of drug-likeness (QED) is 0.499. The van der Waals surface area contributed by atoms with E-state index in [1.807, 2.05) is 0 Å². The second-order valence-corrected chi connectivity index (χ2v) is 3.93. The predicted octanol–water partition coefficient (Wildman–Crippen LogP) is 1.39.